The molecule has 5 nitrogen and oxygen atoms in total. The number of halogens is 1. The monoisotopic (exact) mass is 342 g/mol. The van der Waals surface area contributed by atoms with Gasteiger partial charge in [-0.15, -0.1) is 0 Å². The van der Waals surface area contributed by atoms with Gasteiger partial charge in [0.05, 0.1) is 6.04 Å². The van der Waals surface area contributed by atoms with Crippen LogP contribution in [0.25, 0.3) is 0 Å². The Kier molecular flexibility index (Phi) is 6.11. The first-order valence-corrected chi connectivity index (χ1v) is 8.02. The fourth-order valence-corrected chi connectivity index (χ4v) is 2.33. The Labute approximate surface area is 147 Å². The maximum absolute atomic E-state index is 13.7. The van der Waals surface area contributed by atoms with Crippen LogP contribution in [-0.2, 0) is 6.54 Å². The Morgan fingerprint density at radius 1 is 1.24 bits per heavy atom. The van der Waals surface area contributed by atoms with Crippen LogP contribution in [0.1, 0.15) is 40.0 Å². The van der Waals surface area contributed by atoms with Gasteiger partial charge in [-0.05, 0) is 48.7 Å². The van der Waals surface area contributed by atoms with Gasteiger partial charge in [-0.25, -0.2) is 4.39 Å². The molecule has 0 aromatic heterocycles. The maximum atomic E-state index is 13.7. The highest BCUT2D eigenvalue weighted by Gasteiger charge is 2.10. The molecule has 25 heavy (non-hydrogen) atoms. The van der Waals surface area contributed by atoms with Gasteiger partial charge < -0.3 is 16.4 Å². The van der Waals surface area contributed by atoms with Crippen molar-refractivity contribution in [1.29, 1.82) is 0 Å². The summed E-state index contributed by atoms with van der Waals surface area (Å²) in [6, 6.07) is 12.1. The Hall–Kier alpha value is -2.89. The number of nitrogens with one attached hydrogen (secondary N) is 2. The van der Waals surface area contributed by atoms with Crippen molar-refractivity contribution < 1.29 is 9.18 Å². The molecule has 1 amide bonds. The molecule has 0 saturated heterocycles. The second kappa shape index (κ2) is 8.28. The molecule has 0 aliphatic carbocycles. The zero-order valence-corrected chi connectivity index (χ0v) is 14.6. The first-order chi connectivity index (χ1) is 11.9. The van der Waals surface area contributed by atoms with Gasteiger partial charge >= 0.3 is 0 Å². The average molecular weight is 342 g/mol. The lowest BCUT2D eigenvalue weighted by molar-refractivity contribution is 0.100. The fourth-order valence-electron chi connectivity index (χ4n) is 2.33. The summed E-state index contributed by atoms with van der Waals surface area (Å²) in [5.74, 6) is -0.0627. The molecule has 1 atom stereocenters. The Bertz CT molecular complexity index is 771. The zero-order valence-electron chi connectivity index (χ0n) is 14.6. The first kappa shape index (κ1) is 18.4. The zero-order chi connectivity index (χ0) is 18.4. The van der Waals surface area contributed by atoms with E-state index in [0.29, 0.717) is 23.6 Å². The van der Waals surface area contributed by atoms with Crippen LogP contribution in [0.2, 0.25) is 0 Å². The topological polar surface area (TPSA) is 79.5 Å². The highest BCUT2D eigenvalue weighted by molar-refractivity contribution is 5.92. The van der Waals surface area contributed by atoms with Crippen LogP contribution in [0.4, 0.5) is 4.39 Å². The number of aryl methyl sites for hydroxylation is 1. The fraction of sp³-hybridized carbons (Fsp3) is 0.263. The summed E-state index contributed by atoms with van der Waals surface area (Å²) < 4.78 is 13.7. The number of nitrogens with zero attached hydrogens (tertiary/aromatic N) is 1. The van der Waals surface area contributed by atoms with Crippen LogP contribution in [0.5, 0.6) is 0 Å². The van der Waals surface area contributed by atoms with Gasteiger partial charge in [0.25, 0.3) is 0 Å². The largest absolute Gasteiger partial charge is 0.366 e. The second-order valence-electron chi connectivity index (χ2n) is 5.86. The van der Waals surface area contributed by atoms with E-state index in [2.05, 4.69) is 15.6 Å². The summed E-state index contributed by atoms with van der Waals surface area (Å²) in [7, 11) is 1.67. The quantitative estimate of drug-likeness (QED) is 0.577. The van der Waals surface area contributed by atoms with Gasteiger partial charge in [-0.3, -0.25) is 9.79 Å². The van der Waals surface area contributed by atoms with E-state index in [4.69, 9.17) is 5.73 Å². The van der Waals surface area contributed by atoms with E-state index in [-0.39, 0.29) is 11.9 Å². The summed E-state index contributed by atoms with van der Waals surface area (Å²) in [5.41, 5.74) is 8.16. The lowest BCUT2D eigenvalue weighted by Gasteiger charge is -2.19. The van der Waals surface area contributed by atoms with E-state index >= 15 is 0 Å². The minimum Gasteiger partial charge on any atom is -0.366 e. The van der Waals surface area contributed by atoms with E-state index in [9.17, 15) is 9.18 Å². The average Bonchev–Trinajstić information content (AvgIpc) is 2.61. The summed E-state index contributed by atoms with van der Waals surface area (Å²) in [6.07, 6.45) is 0. The number of hydrogen-bond donors (Lipinski definition) is 3. The van der Waals surface area contributed by atoms with E-state index in [1.54, 1.807) is 32.2 Å². The highest BCUT2D eigenvalue weighted by atomic mass is 19.1. The molecule has 0 fully saturated rings. The van der Waals surface area contributed by atoms with Crippen molar-refractivity contribution in [2.75, 3.05) is 7.05 Å². The van der Waals surface area contributed by atoms with Gasteiger partial charge in [0.2, 0.25) is 5.91 Å². The van der Waals surface area contributed by atoms with Crippen molar-refractivity contribution in [3.63, 3.8) is 0 Å². The van der Waals surface area contributed by atoms with Crippen LogP contribution in [0, 0.1) is 12.7 Å². The molecule has 0 aliphatic heterocycles. The molecule has 2 aromatic carbocycles. The normalized spacial score (nSPS) is 12.6. The third kappa shape index (κ3) is 5.04. The van der Waals surface area contributed by atoms with Crippen molar-refractivity contribution in [1.82, 2.24) is 10.6 Å². The number of nitrogens with two attached hydrogens (primary N) is 1. The first-order valence-electron chi connectivity index (χ1n) is 8.02. The molecule has 2 aromatic rings. The number of rotatable bonds is 5. The van der Waals surface area contributed by atoms with E-state index < -0.39 is 5.91 Å². The van der Waals surface area contributed by atoms with Gasteiger partial charge in [-0.1, -0.05) is 24.3 Å². The molecule has 0 saturated carbocycles. The summed E-state index contributed by atoms with van der Waals surface area (Å²) >= 11 is 0. The molecule has 0 bridgehead atoms. The molecular formula is C19H23FN4O. The van der Waals surface area contributed by atoms with E-state index in [0.717, 1.165) is 11.1 Å². The van der Waals surface area contributed by atoms with Crippen LogP contribution in [0.15, 0.2) is 47.5 Å². The van der Waals surface area contributed by atoms with Gasteiger partial charge in [-0.2, -0.15) is 0 Å². The number of hydrogen-bond acceptors (Lipinski definition) is 2. The Morgan fingerprint density at radius 2 is 1.92 bits per heavy atom. The third-order valence-electron chi connectivity index (χ3n) is 3.97. The number of benzene rings is 2. The van der Waals surface area contributed by atoms with Crippen molar-refractivity contribution in [3.05, 3.63) is 70.5 Å². The highest BCUT2D eigenvalue weighted by Crippen LogP contribution is 2.16. The lowest BCUT2D eigenvalue weighted by atomic mass is 10.1. The Morgan fingerprint density at radius 3 is 2.48 bits per heavy atom. The second-order valence-corrected chi connectivity index (χ2v) is 5.86. The van der Waals surface area contributed by atoms with Crippen molar-refractivity contribution in [2.24, 2.45) is 10.7 Å². The molecule has 6 heteroatoms. The third-order valence-corrected chi connectivity index (χ3v) is 3.97. The molecule has 0 aliphatic rings. The predicted octanol–water partition coefficient (Wildman–Crippen LogP) is 2.66. The van der Waals surface area contributed by atoms with Gasteiger partial charge in [0.15, 0.2) is 5.96 Å². The lowest BCUT2D eigenvalue weighted by Crippen LogP contribution is -2.38. The standard InChI is InChI=1S/C19H23FN4O/c1-12-4-7-16(10-17(12)20)13(2)24-19(22-3)23-11-14-5-8-15(9-6-14)18(21)25/h4-10,13H,11H2,1-3H3,(H2,21,25)(H2,22,23,24). The smallest absolute Gasteiger partial charge is 0.248 e. The molecule has 0 heterocycles. The minimum absolute atomic E-state index is 0.0986. The molecular weight excluding hydrogens is 319 g/mol. The molecule has 132 valence electrons. The minimum atomic E-state index is -0.448. The maximum Gasteiger partial charge on any atom is 0.248 e. The van der Waals surface area contributed by atoms with E-state index in [1.165, 1.54) is 6.07 Å². The number of carbonyl (C=O) groups is 1. The number of primary amides is 1. The van der Waals surface area contributed by atoms with E-state index in [1.807, 2.05) is 25.1 Å². The molecule has 0 radical (unpaired) electrons. The van der Waals surface area contributed by atoms with Gasteiger partial charge in [0.1, 0.15) is 5.82 Å². The van der Waals surface area contributed by atoms with Crippen LogP contribution >= 0.6 is 0 Å². The van der Waals surface area contributed by atoms with Crippen LogP contribution in [-0.4, -0.2) is 18.9 Å². The number of aliphatic imine (C=N–C) groups is 1. The molecule has 1 unspecified atom stereocenters. The number of carbonyl (C=O) groups excluding carboxylic acids is 1. The van der Waals surface area contributed by atoms with Crippen LogP contribution in [0.3, 0.4) is 0 Å². The van der Waals surface area contributed by atoms with Crippen LogP contribution < -0.4 is 16.4 Å². The van der Waals surface area contributed by atoms with Gasteiger partial charge in [0, 0.05) is 19.2 Å². The SMILES string of the molecule is CN=C(NCc1ccc(C(N)=O)cc1)NC(C)c1ccc(C)c(F)c1. The summed E-state index contributed by atoms with van der Waals surface area (Å²) in [4.78, 5) is 15.3. The molecule has 4 N–H and O–H groups in total. The summed E-state index contributed by atoms with van der Waals surface area (Å²) in [5, 5.41) is 6.42. The van der Waals surface area contributed by atoms with Crippen molar-refractivity contribution in [3.8, 4) is 0 Å². The van der Waals surface area contributed by atoms with Crippen molar-refractivity contribution in [2.45, 2.75) is 26.4 Å². The van der Waals surface area contributed by atoms with Crippen molar-refractivity contribution >= 4 is 11.9 Å². The summed E-state index contributed by atoms with van der Waals surface area (Å²) in [6.45, 7) is 4.22. The molecule has 2 rings (SSSR count). The number of guanidine groups is 1. The predicted molar refractivity (Wildman–Crippen MR) is 97.8 cm³/mol. The Balaban J connectivity index is 1.95. The number of amides is 1. The molecule has 0 spiro atoms.